The van der Waals surface area contributed by atoms with Gasteiger partial charge in [0.25, 0.3) is 5.91 Å². The molecule has 0 radical (unpaired) electrons. The Hall–Kier alpha value is -2.58. The second-order valence-electron chi connectivity index (χ2n) is 7.43. The molecule has 0 bridgehead atoms. The molecule has 0 fully saturated rings. The summed E-state index contributed by atoms with van der Waals surface area (Å²) in [7, 11) is -3.20. The van der Waals surface area contributed by atoms with Gasteiger partial charge >= 0.3 is 0 Å². The summed E-state index contributed by atoms with van der Waals surface area (Å²) in [6.45, 7) is 5.17. The first kappa shape index (κ1) is 22.1. The molecule has 2 N–H and O–H groups in total. The largest absolute Gasteiger partial charge is 0.494 e. The molecule has 2 aromatic carbocycles. The van der Waals surface area contributed by atoms with E-state index in [1.165, 1.54) is 0 Å². The van der Waals surface area contributed by atoms with Crippen molar-refractivity contribution in [3.05, 3.63) is 58.7 Å². The van der Waals surface area contributed by atoms with Gasteiger partial charge in [-0.05, 0) is 50.1 Å². The zero-order valence-electron chi connectivity index (χ0n) is 17.5. The van der Waals surface area contributed by atoms with Crippen molar-refractivity contribution in [1.29, 1.82) is 0 Å². The van der Waals surface area contributed by atoms with Crippen molar-refractivity contribution in [1.82, 2.24) is 10.0 Å². The van der Waals surface area contributed by atoms with Crippen LogP contribution in [0, 0.1) is 0 Å². The highest BCUT2D eigenvalue weighted by molar-refractivity contribution is 7.88. The Labute approximate surface area is 177 Å². The molecule has 1 unspecified atom stereocenters. The van der Waals surface area contributed by atoms with Crippen molar-refractivity contribution >= 4 is 15.9 Å². The van der Waals surface area contributed by atoms with E-state index in [-0.39, 0.29) is 12.0 Å². The minimum Gasteiger partial charge on any atom is -0.494 e. The Morgan fingerprint density at radius 2 is 1.97 bits per heavy atom. The topological polar surface area (TPSA) is 93.7 Å². The third kappa shape index (κ3) is 5.96. The fourth-order valence-electron chi connectivity index (χ4n) is 3.39. The minimum absolute atomic E-state index is 0.144. The number of fused-ring (bicyclic) bond motifs is 1. The monoisotopic (exact) mass is 432 g/mol. The number of carbonyl (C=O) groups excluding carboxylic acids is 1. The summed E-state index contributed by atoms with van der Waals surface area (Å²) in [6.07, 6.45) is 2.69. The van der Waals surface area contributed by atoms with Crippen LogP contribution in [0.15, 0.2) is 36.4 Å². The Bertz CT molecular complexity index is 1000. The van der Waals surface area contributed by atoms with E-state index >= 15 is 0 Å². The molecule has 0 spiro atoms. The van der Waals surface area contributed by atoms with E-state index in [1.54, 1.807) is 12.1 Å². The molecule has 7 nitrogen and oxygen atoms in total. The van der Waals surface area contributed by atoms with E-state index in [9.17, 15) is 13.2 Å². The summed E-state index contributed by atoms with van der Waals surface area (Å²) in [5.41, 5.74) is 3.49. The van der Waals surface area contributed by atoms with Crippen molar-refractivity contribution in [2.45, 2.75) is 39.3 Å². The number of hydrogen-bond donors (Lipinski definition) is 2. The Kier molecular flexibility index (Phi) is 6.99. The zero-order chi connectivity index (χ0) is 21.7. The maximum absolute atomic E-state index is 12.6. The molecule has 1 aliphatic rings. The molecule has 1 amide bonds. The standard InChI is InChI=1S/C22H28N2O5S/c1-4-28-20-12-18-11-15(2)29-21(18)13-19(20)14-23-22(25)17-7-5-16(6-8-17)9-10-24-30(3,26)27/h5-8,12-13,15,24H,4,9-11,14H2,1-3H3,(H,23,25). The van der Waals surface area contributed by atoms with Gasteiger partial charge in [0.15, 0.2) is 0 Å². The van der Waals surface area contributed by atoms with Gasteiger partial charge in [0.2, 0.25) is 10.0 Å². The number of carbonyl (C=O) groups is 1. The first-order valence-corrected chi connectivity index (χ1v) is 11.9. The molecule has 1 atom stereocenters. The molecule has 8 heteroatoms. The summed E-state index contributed by atoms with van der Waals surface area (Å²) in [5.74, 6) is 1.43. The molecule has 3 rings (SSSR count). The summed E-state index contributed by atoms with van der Waals surface area (Å²) < 4.78 is 36.3. The molecule has 0 aromatic heterocycles. The van der Waals surface area contributed by atoms with Crippen LogP contribution in [0.3, 0.4) is 0 Å². The number of rotatable bonds is 9. The third-order valence-electron chi connectivity index (χ3n) is 4.81. The van der Waals surface area contributed by atoms with Gasteiger partial charge in [-0.3, -0.25) is 4.79 Å². The van der Waals surface area contributed by atoms with Gasteiger partial charge in [-0.1, -0.05) is 12.1 Å². The molecule has 162 valence electrons. The van der Waals surface area contributed by atoms with Crippen LogP contribution in [-0.2, 0) is 29.4 Å². The van der Waals surface area contributed by atoms with E-state index in [0.29, 0.717) is 31.7 Å². The van der Waals surface area contributed by atoms with Gasteiger partial charge in [0, 0.05) is 36.2 Å². The van der Waals surface area contributed by atoms with Crippen LogP contribution in [0.1, 0.15) is 40.9 Å². The molecule has 1 aliphatic heterocycles. The Balaban J connectivity index is 1.61. The van der Waals surface area contributed by atoms with Crippen LogP contribution >= 0.6 is 0 Å². The van der Waals surface area contributed by atoms with Crippen molar-refractivity contribution in [3.8, 4) is 11.5 Å². The Morgan fingerprint density at radius 3 is 2.63 bits per heavy atom. The average molecular weight is 433 g/mol. The van der Waals surface area contributed by atoms with E-state index < -0.39 is 10.0 Å². The molecule has 0 aliphatic carbocycles. The predicted molar refractivity (Wildman–Crippen MR) is 116 cm³/mol. The Morgan fingerprint density at radius 1 is 1.23 bits per heavy atom. The van der Waals surface area contributed by atoms with E-state index in [1.807, 2.05) is 38.1 Å². The normalized spacial score (nSPS) is 15.4. The average Bonchev–Trinajstić information content (AvgIpc) is 3.04. The van der Waals surface area contributed by atoms with Gasteiger partial charge in [-0.2, -0.15) is 0 Å². The minimum atomic E-state index is -3.20. The quantitative estimate of drug-likeness (QED) is 0.635. The van der Waals surface area contributed by atoms with Gasteiger partial charge in [-0.25, -0.2) is 13.1 Å². The second-order valence-corrected chi connectivity index (χ2v) is 9.26. The second kappa shape index (κ2) is 9.49. The lowest BCUT2D eigenvalue weighted by atomic mass is 10.1. The van der Waals surface area contributed by atoms with Gasteiger partial charge in [0.05, 0.1) is 12.9 Å². The number of sulfonamides is 1. The summed E-state index contributed by atoms with van der Waals surface area (Å²) in [4.78, 5) is 12.6. The lowest BCUT2D eigenvalue weighted by Gasteiger charge is -2.13. The number of amides is 1. The summed E-state index contributed by atoms with van der Waals surface area (Å²) >= 11 is 0. The van der Waals surface area contributed by atoms with Crippen LogP contribution in [-0.4, -0.2) is 39.8 Å². The van der Waals surface area contributed by atoms with Crippen LogP contribution in [0.5, 0.6) is 11.5 Å². The first-order chi connectivity index (χ1) is 14.2. The van der Waals surface area contributed by atoms with E-state index in [0.717, 1.165) is 40.9 Å². The zero-order valence-corrected chi connectivity index (χ0v) is 18.3. The van der Waals surface area contributed by atoms with Crippen molar-refractivity contribution in [2.75, 3.05) is 19.4 Å². The van der Waals surface area contributed by atoms with Crippen LogP contribution < -0.4 is 19.5 Å². The highest BCUT2D eigenvalue weighted by atomic mass is 32.2. The SMILES string of the molecule is CCOc1cc2c(cc1CNC(=O)c1ccc(CCNS(C)(=O)=O)cc1)OC(C)C2. The van der Waals surface area contributed by atoms with Crippen molar-refractivity contribution < 1.29 is 22.7 Å². The van der Waals surface area contributed by atoms with E-state index in [4.69, 9.17) is 9.47 Å². The lowest BCUT2D eigenvalue weighted by molar-refractivity contribution is 0.0950. The molecule has 2 aromatic rings. The fourth-order valence-corrected chi connectivity index (χ4v) is 3.86. The van der Waals surface area contributed by atoms with E-state index in [2.05, 4.69) is 10.0 Å². The van der Waals surface area contributed by atoms with Crippen LogP contribution in [0.25, 0.3) is 0 Å². The predicted octanol–water partition coefficient (Wildman–Crippen LogP) is 2.43. The maximum Gasteiger partial charge on any atom is 0.251 e. The number of ether oxygens (including phenoxy) is 2. The smallest absolute Gasteiger partial charge is 0.251 e. The van der Waals surface area contributed by atoms with Crippen molar-refractivity contribution in [3.63, 3.8) is 0 Å². The molecular weight excluding hydrogens is 404 g/mol. The summed E-state index contributed by atoms with van der Waals surface area (Å²) in [5, 5.41) is 2.93. The fraction of sp³-hybridized carbons (Fsp3) is 0.409. The number of nitrogens with one attached hydrogen (secondary N) is 2. The lowest BCUT2D eigenvalue weighted by Crippen LogP contribution is -2.24. The van der Waals surface area contributed by atoms with Gasteiger partial charge < -0.3 is 14.8 Å². The highest BCUT2D eigenvalue weighted by Crippen LogP contribution is 2.35. The molecule has 1 heterocycles. The van der Waals surface area contributed by atoms with Crippen LogP contribution in [0.2, 0.25) is 0 Å². The molecular formula is C22H28N2O5S. The molecule has 0 saturated heterocycles. The molecule has 0 saturated carbocycles. The maximum atomic E-state index is 12.6. The summed E-state index contributed by atoms with van der Waals surface area (Å²) in [6, 6.07) is 11.1. The van der Waals surface area contributed by atoms with Gasteiger partial charge in [-0.15, -0.1) is 0 Å². The first-order valence-electron chi connectivity index (χ1n) is 10.0. The van der Waals surface area contributed by atoms with Crippen LogP contribution in [0.4, 0.5) is 0 Å². The number of benzene rings is 2. The van der Waals surface area contributed by atoms with Crippen molar-refractivity contribution in [2.24, 2.45) is 0 Å². The highest BCUT2D eigenvalue weighted by Gasteiger charge is 2.22. The number of hydrogen-bond acceptors (Lipinski definition) is 5. The van der Waals surface area contributed by atoms with Gasteiger partial charge in [0.1, 0.15) is 17.6 Å². The third-order valence-corrected chi connectivity index (χ3v) is 5.54. The molecule has 30 heavy (non-hydrogen) atoms.